The van der Waals surface area contributed by atoms with E-state index in [1.807, 2.05) is 25.1 Å². The fraction of sp³-hybridized carbons (Fsp3) is 0.333. The highest BCUT2D eigenvalue weighted by Gasteiger charge is 2.22. The number of hydrogen-bond acceptors (Lipinski definition) is 2. The lowest BCUT2D eigenvalue weighted by Gasteiger charge is -2.23. The Morgan fingerprint density at radius 3 is 2.77 bits per heavy atom. The number of aliphatic hydroxyl groups is 1. The van der Waals surface area contributed by atoms with Gasteiger partial charge in [0.25, 0.3) is 0 Å². The van der Waals surface area contributed by atoms with E-state index >= 15 is 0 Å². The number of aliphatic hydroxyl groups excluding tert-OH is 1. The van der Waals surface area contributed by atoms with Gasteiger partial charge in [0.1, 0.15) is 0 Å². The molecule has 0 aromatic heterocycles. The van der Waals surface area contributed by atoms with Crippen molar-refractivity contribution in [2.45, 2.75) is 12.5 Å². The van der Waals surface area contributed by atoms with Crippen LogP contribution in [0.3, 0.4) is 0 Å². The standard InChI is InChI=1S/C9H11BrINO/c1-9(12,5-13)7-4-6(11)2-3-8(7)10/h2-4,13H,5,12H2,1H3. The van der Waals surface area contributed by atoms with Gasteiger partial charge in [0.15, 0.2) is 0 Å². The Labute approximate surface area is 99.8 Å². The molecule has 1 atom stereocenters. The van der Waals surface area contributed by atoms with Gasteiger partial charge in [0.05, 0.1) is 12.1 Å². The van der Waals surface area contributed by atoms with Crippen LogP contribution in [0.2, 0.25) is 0 Å². The van der Waals surface area contributed by atoms with Gasteiger partial charge < -0.3 is 10.8 Å². The molecule has 3 N–H and O–H groups in total. The van der Waals surface area contributed by atoms with E-state index in [-0.39, 0.29) is 6.61 Å². The van der Waals surface area contributed by atoms with Crippen molar-refractivity contribution in [2.75, 3.05) is 6.61 Å². The monoisotopic (exact) mass is 355 g/mol. The number of nitrogens with two attached hydrogens (primary N) is 1. The van der Waals surface area contributed by atoms with Crippen LogP contribution in [0, 0.1) is 3.57 Å². The van der Waals surface area contributed by atoms with Gasteiger partial charge in [-0.15, -0.1) is 0 Å². The highest BCUT2D eigenvalue weighted by molar-refractivity contribution is 14.1. The van der Waals surface area contributed by atoms with Crippen LogP contribution >= 0.6 is 38.5 Å². The van der Waals surface area contributed by atoms with E-state index in [0.29, 0.717) is 0 Å². The third-order valence-corrected chi connectivity index (χ3v) is 3.23. The van der Waals surface area contributed by atoms with Crippen LogP contribution in [0.4, 0.5) is 0 Å². The fourth-order valence-electron chi connectivity index (χ4n) is 1.02. The first-order chi connectivity index (χ1) is 5.97. The third-order valence-electron chi connectivity index (χ3n) is 1.87. The lowest BCUT2D eigenvalue weighted by atomic mass is 9.94. The summed E-state index contributed by atoms with van der Waals surface area (Å²) in [6.45, 7) is 1.74. The van der Waals surface area contributed by atoms with E-state index in [1.165, 1.54) is 0 Å². The van der Waals surface area contributed by atoms with Crippen molar-refractivity contribution in [1.29, 1.82) is 0 Å². The van der Waals surface area contributed by atoms with Crippen LogP contribution < -0.4 is 5.73 Å². The molecule has 0 fully saturated rings. The molecular weight excluding hydrogens is 345 g/mol. The fourth-order valence-corrected chi connectivity index (χ4v) is 2.21. The predicted molar refractivity (Wildman–Crippen MR) is 65.5 cm³/mol. The quantitative estimate of drug-likeness (QED) is 0.799. The first-order valence-corrected chi connectivity index (χ1v) is 5.70. The van der Waals surface area contributed by atoms with Gasteiger partial charge >= 0.3 is 0 Å². The zero-order chi connectivity index (χ0) is 10.1. The normalized spacial score (nSPS) is 15.5. The molecule has 72 valence electrons. The summed E-state index contributed by atoms with van der Waals surface area (Å²) in [6.07, 6.45) is 0. The van der Waals surface area contributed by atoms with Gasteiger partial charge in [-0.05, 0) is 53.3 Å². The SMILES string of the molecule is CC(N)(CO)c1cc(I)ccc1Br. The lowest BCUT2D eigenvalue weighted by Crippen LogP contribution is -2.37. The molecule has 13 heavy (non-hydrogen) atoms. The maximum atomic E-state index is 9.11. The molecule has 0 aliphatic heterocycles. The van der Waals surface area contributed by atoms with Crippen molar-refractivity contribution < 1.29 is 5.11 Å². The summed E-state index contributed by atoms with van der Waals surface area (Å²) in [5.74, 6) is 0. The van der Waals surface area contributed by atoms with Crippen LogP contribution in [0.15, 0.2) is 22.7 Å². The Bertz CT molecular complexity index is 314. The van der Waals surface area contributed by atoms with Crippen molar-refractivity contribution in [3.8, 4) is 0 Å². The van der Waals surface area contributed by atoms with Crippen molar-refractivity contribution >= 4 is 38.5 Å². The highest BCUT2D eigenvalue weighted by Crippen LogP contribution is 2.27. The summed E-state index contributed by atoms with van der Waals surface area (Å²) in [4.78, 5) is 0. The van der Waals surface area contributed by atoms with E-state index < -0.39 is 5.54 Å². The number of benzene rings is 1. The summed E-state index contributed by atoms with van der Waals surface area (Å²) in [5.41, 5.74) is 6.18. The minimum Gasteiger partial charge on any atom is -0.394 e. The Kier molecular flexibility index (Phi) is 3.73. The van der Waals surface area contributed by atoms with Gasteiger partial charge in [0.2, 0.25) is 0 Å². The molecule has 4 heteroatoms. The first-order valence-electron chi connectivity index (χ1n) is 3.82. The average Bonchev–Trinajstić information content (AvgIpc) is 2.09. The van der Waals surface area contributed by atoms with Crippen molar-refractivity contribution in [2.24, 2.45) is 5.73 Å². The van der Waals surface area contributed by atoms with E-state index in [0.717, 1.165) is 13.6 Å². The molecule has 1 unspecified atom stereocenters. The number of rotatable bonds is 2. The lowest BCUT2D eigenvalue weighted by molar-refractivity contribution is 0.209. The molecule has 0 radical (unpaired) electrons. The predicted octanol–water partition coefficient (Wildman–Crippen LogP) is 2.22. The molecular formula is C9H11BrINO. The van der Waals surface area contributed by atoms with Crippen LogP contribution in [0.25, 0.3) is 0 Å². The van der Waals surface area contributed by atoms with Gasteiger partial charge in [-0.1, -0.05) is 15.9 Å². The molecule has 2 nitrogen and oxygen atoms in total. The molecule has 0 saturated heterocycles. The second-order valence-electron chi connectivity index (χ2n) is 3.20. The Morgan fingerprint density at radius 2 is 2.23 bits per heavy atom. The van der Waals surface area contributed by atoms with Gasteiger partial charge in [-0.25, -0.2) is 0 Å². The average molecular weight is 356 g/mol. The van der Waals surface area contributed by atoms with Crippen molar-refractivity contribution in [1.82, 2.24) is 0 Å². The van der Waals surface area contributed by atoms with Crippen LogP contribution in [-0.4, -0.2) is 11.7 Å². The van der Waals surface area contributed by atoms with Gasteiger partial charge in [-0.2, -0.15) is 0 Å². The largest absolute Gasteiger partial charge is 0.394 e. The first kappa shape index (κ1) is 11.4. The second kappa shape index (κ2) is 4.25. The Balaban J connectivity index is 3.20. The molecule has 0 aliphatic rings. The van der Waals surface area contributed by atoms with Gasteiger partial charge in [-0.3, -0.25) is 0 Å². The molecule has 0 saturated carbocycles. The van der Waals surface area contributed by atoms with Crippen LogP contribution in [0.1, 0.15) is 12.5 Å². The van der Waals surface area contributed by atoms with Crippen molar-refractivity contribution in [3.05, 3.63) is 31.8 Å². The topological polar surface area (TPSA) is 46.2 Å². The molecule has 0 heterocycles. The summed E-state index contributed by atoms with van der Waals surface area (Å²) in [6, 6.07) is 5.90. The van der Waals surface area contributed by atoms with E-state index in [9.17, 15) is 0 Å². The summed E-state index contributed by atoms with van der Waals surface area (Å²) in [7, 11) is 0. The zero-order valence-electron chi connectivity index (χ0n) is 7.22. The highest BCUT2D eigenvalue weighted by atomic mass is 127. The summed E-state index contributed by atoms with van der Waals surface area (Å²) in [5, 5.41) is 9.11. The van der Waals surface area contributed by atoms with Gasteiger partial charge in [0, 0.05) is 8.04 Å². The van der Waals surface area contributed by atoms with Crippen LogP contribution in [0.5, 0.6) is 0 Å². The van der Waals surface area contributed by atoms with E-state index in [2.05, 4.69) is 38.5 Å². The molecule has 1 aromatic carbocycles. The smallest absolute Gasteiger partial charge is 0.0650 e. The van der Waals surface area contributed by atoms with Crippen molar-refractivity contribution in [3.63, 3.8) is 0 Å². The van der Waals surface area contributed by atoms with Crippen LogP contribution in [-0.2, 0) is 5.54 Å². The molecule has 0 bridgehead atoms. The molecule has 1 rings (SSSR count). The Morgan fingerprint density at radius 1 is 1.62 bits per heavy atom. The molecule has 0 amide bonds. The second-order valence-corrected chi connectivity index (χ2v) is 5.30. The maximum absolute atomic E-state index is 9.11. The van der Waals surface area contributed by atoms with E-state index in [4.69, 9.17) is 10.8 Å². The summed E-state index contributed by atoms with van der Waals surface area (Å²) >= 11 is 5.63. The minimum atomic E-state index is -0.681. The minimum absolute atomic E-state index is 0.0638. The third kappa shape index (κ3) is 2.65. The molecule has 0 spiro atoms. The molecule has 0 aliphatic carbocycles. The zero-order valence-corrected chi connectivity index (χ0v) is 11.0. The number of hydrogen-bond donors (Lipinski definition) is 2. The van der Waals surface area contributed by atoms with E-state index in [1.54, 1.807) is 0 Å². The summed E-state index contributed by atoms with van der Waals surface area (Å²) < 4.78 is 2.05. The maximum Gasteiger partial charge on any atom is 0.0650 e. The molecule has 1 aromatic rings. The Hall–Kier alpha value is 0.350. The number of halogens is 2.